The molecule has 4 rings (SSSR count). The Morgan fingerprint density at radius 1 is 1.00 bits per heavy atom. The largest absolute Gasteiger partial charge is 0.279 e. The van der Waals surface area contributed by atoms with Crippen molar-refractivity contribution in [2.45, 2.75) is 27.3 Å². The molecule has 0 aliphatic carbocycles. The van der Waals surface area contributed by atoms with Gasteiger partial charge in [-0.1, -0.05) is 41.7 Å². The van der Waals surface area contributed by atoms with Gasteiger partial charge in [0.2, 0.25) is 0 Å². The van der Waals surface area contributed by atoms with Crippen LogP contribution in [0.3, 0.4) is 0 Å². The van der Waals surface area contributed by atoms with Crippen LogP contribution in [0, 0.1) is 20.8 Å². The lowest BCUT2D eigenvalue weighted by molar-refractivity contribution is 0.0984. The number of hydrogen-bond acceptors (Lipinski definition) is 4. The molecule has 28 heavy (non-hydrogen) atoms. The number of carbonyl (C=O) groups excluding carboxylic acids is 1. The van der Waals surface area contributed by atoms with Gasteiger partial charge < -0.3 is 0 Å². The van der Waals surface area contributed by atoms with E-state index in [1.807, 2.05) is 43.3 Å². The molecule has 4 nitrogen and oxygen atoms in total. The number of rotatable bonds is 4. The maximum Gasteiger partial charge on any atom is 0.260 e. The molecular weight excluding hydrogens is 366 g/mol. The van der Waals surface area contributed by atoms with Crippen LogP contribution in [0.1, 0.15) is 32.6 Å². The third kappa shape index (κ3) is 3.41. The molecule has 1 amide bonds. The number of nitrogens with zero attached hydrogens (tertiary/aromatic N) is 3. The predicted molar refractivity (Wildman–Crippen MR) is 115 cm³/mol. The molecule has 2 heterocycles. The topological polar surface area (TPSA) is 46.1 Å². The van der Waals surface area contributed by atoms with Crippen molar-refractivity contribution in [3.63, 3.8) is 0 Å². The van der Waals surface area contributed by atoms with E-state index >= 15 is 0 Å². The zero-order valence-corrected chi connectivity index (χ0v) is 17.0. The Bertz CT molecular complexity index is 1150. The molecule has 0 bridgehead atoms. The summed E-state index contributed by atoms with van der Waals surface area (Å²) in [5.74, 6) is -0.0459. The van der Waals surface area contributed by atoms with Crippen LogP contribution in [0.2, 0.25) is 0 Å². The summed E-state index contributed by atoms with van der Waals surface area (Å²) in [6, 6.07) is 15.7. The first-order valence-electron chi connectivity index (χ1n) is 9.18. The van der Waals surface area contributed by atoms with E-state index in [9.17, 15) is 4.79 Å². The summed E-state index contributed by atoms with van der Waals surface area (Å²) in [5, 5.41) is 0.709. The van der Waals surface area contributed by atoms with Crippen molar-refractivity contribution in [1.82, 2.24) is 9.97 Å². The smallest absolute Gasteiger partial charge is 0.260 e. The first-order valence-corrected chi connectivity index (χ1v) is 9.99. The van der Waals surface area contributed by atoms with Crippen LogP contribution in [0.25, 0.3) is 10.2 Å². The number of anilines is 1. The van der Waals surface area contributed by atoms with Gasteiger partial charge in [0.05, 0.1) is 16.8 Å². The molecule has 0 unspecified atom stereocenters. The highest BCUT2D eigenvalue weighted by atomic mass is 32.1. The summed E-state index contributed by atoms with van der Waals surface area (Å²) in [5.41, 5.74) is 5.94. The summed E-state index contributed by atoms with van der Waals surface area (Å²) >= 11 is 1.55. The quantitative estimate of drug-likeness (QED) is 0.467. The highest BCUT2D eigenvalue weighted by molar-refractivity contribution is 7.22. The van der Waals surface area contributed by atoms with E-state index in [0.717, 1.165) is 26.9 Å². The van der Waals surface area contributed by atoms with Gasteiger partial charge in [-0.3, -0.25) is 14.7 Å². The van der Waals surface area contributed by atoms with Crippen LogP contribution in [0.4, 0.5) is 5.13 Å². The van der Waals surface area contributed by atoms with Gasteiger partial charge >= 0.3 is 0 Å². The Kier molecular flexibility index (Phi) is 4.92. The maximum absolute atomic E-state index is 13.5. The van der Waals surface area contributed by atoms with E-state index in [-0.39, 0.29) is 5.91 Å². The molecule has 0 fully saturated rings. The molecule has 2 aromatic heterocycles. The Morgan fingerprint density at radius 2 is 1.82 bits per heavy atom. The summed E-state index contributed by atoms with van der Waals surface area (Å²) in [7, 11) is 0. The molecule has 0 N–H and O–H groups in total. The fraction of sp³-hybridized carbons (Fsp3) is 0.174. The second kappa shape index (κ2) is 7.52. The molecule has 0 saturated heterocycles. The molecule has 5 heteroatoms. The van der Waals surface area contributed by atoms with Gasteiger partial charge in [0.15, 0.2) is 5.13 Å². The Hall–Kier alpha value is -3.05. The second-order valence-corrected chi connectivity index (χ2v) is 7.93. The minimum Gasteiger partial charge on any atom is -0.279 e. The minimum absolute atomic E-state index is 0.0459. The van der Waals surface area contributed by atoms with Crippen molar-refractivity contribution in [1.29, 1.82) is 0 Å². The SMILES string of the molecule is Cc1ccccc1C(=O)N(Cc1cccnc1)c1nc2c(C)c(C)ccc2s1. The van der Waals surface area contributed by atoms with Gasteiger partial charge in [-0.15, -0.1) is 0 Å². The fourth-order valence-electron chi connectivity index (χ4n) is 3.19. The zero-order chi connectivity index (χ0) is 19.7. The van der Waals surface area contributed by atoms with E-state index in [2.05, 4.69) is 31.0 Å². The summed E-state index contributed by atoms with van der Waals surface area (Å²) in [4.78, 5) is 24.3. The molecular formula is C23H21N3OS. The third-order valence-corrected chi connectivity index (χ3v) is 6.03. The van der Waals surface area contributed by atoms with Crippen LogP contribution in [0.15, 0.2) is 60.9 Å². The number of aromatic nitrogens is 2. The summed E-state index contributed by atoms with van der Waals surface area (Å²) in [6.45, 7) is 6.55. The van der Waals surface area contributed by atoms with Crippen LogP contribution < -0.4 is 4.90 Å². The molecule has 140 valence electrons. The lowest BCUT2D eigenvalue weighted by Crippen LogP contribution is -2.31. The molecule has 0 spiro atoms. The standard InChI is InChI=1S/C23H21N3OS/c1-15-10-11-20-21(17(15)3)25-23(28-20)26(14-18-8-6-12-24-13-18)22(27)19-9-5-4-7-16(19)2/h4-13H,14H2,1-3H3. The van der Waals surface area contributed by atoms with Crippen LogP contribution in [0.5, 0.6) is 0 Å². The fourth-order valence-corrected chi connectivity index (χ4v) is 4.21. The predicted octanol–water partition coefficient (Wildman–Crippen LogP) is 5.46. The van der Waals surface area contributed by atoms with Crippen LogP contribution in [-0.2, 0) is 6.54 Å². The van der Waals surface area contributed by atoms with Gasteiger partial charge in [-0.05, 0) is 61.2 Å². The van der Waals surface area contributed by atoms with Crippen LogP contribution >= 0.6 is 11.3 Å². The number of pyridine rings is 1. The third-order valence-electron chi connectivity index (χ3n) is 4.99. The van der Waals surface area contributed by atoms with Crippen molar-refractivity contribution in [2.24, 2.45) is 0 Å². The average Bonchev–Trinajstić information content (AvgIpc) is 3.14. The highest BCUT2D eigenvalue weighted by Gasteiger charge is 2.23. The molecule has 2 aromatic carbocycles. The van der Waals surface area contributed by atoms with Gasteiger partial charge in [-0.25, -0.2) is 4.98 Å². The Morgan fingerprint density at radius 3 is 2.57 bits per heavy atom. The van der Waals surface area contributed by atoms with Crippen LogP contribution in [-0.4, -0.2) is 15.9 Å². The molecule has 0 radical (unpaired) electrons. The molecule has 0 saturated carbocycles. The average molecular weight is 388 g/mol. The lowest BCUT2D eigenvalue weighted by atomic mass is 10.1. The van der Waals surface area contributed by atoms with Gasteiger partial charge in [0.1, 0.15) is 0 Å². The van der Waals surface area contributed by atoms with Crippen molar-refractivity contribution < 1.29 is 4.79 Å². The highest BCUT2D eigenvalue weighted by Crippen LogP contribution is 2.33. The Labute approximate surface area is 168 Å². The number of aryl methyl sites for hydroxylation is 3. The maximum atomic E-state index is 13.5. The van der Waals surface area contributed by atoms with E-state index in [4.69, 9.17) is 4.98 Å². The van der Waals surface area contributed by atoms with Crippen molar-refractivity contribution in [3.8, 4) is 0 Å². The number of fused-ring (bicyclic) bond motifs is 1. The first-order chi connectivity index (χ1) is 13.5. The van der Waals surface area contributed by atoms with Gasteiger partial charge in [0, 0.05) is 18.0 Å². The van der Waals surface area contributed by atoms with Crippen molar-refractivity contribution >= 4 is 32.6 Å². The van der Waals surface area contributed by atoms with Gasteiger partial charge in [0.25, 0.3) is 5.91 Å². The lowest BCUT2D eigenvalue weighted by Gasteiger charge is -2.21. The van der Waals surface area contributed by atoms with E-state index in [1.54, 1.807) is 28.6 Å². The molecule has 4 aromatic rings. The number of benzene rings is 2. The summed E-state index contributed by atoms with van der Waals surface area (Å²) in [6.07, 6.45) is 3.53. The number of amides is 1. The Balaban J connectivity index is 1.82. The number of carbonyl (C=O) groups is 1. The molecule has 0 aliphatic heterocycles. The number of thiazole rings is 1. The van der Waals surface area contributed by atoms with E-state index < -0.39 is 0 Å². The minimum atomic E-state index is -0.0459. The normalized spacial score (nSPS) is 11.0. The molecule has 0 aliphatic rings. The van der Waals surface area contributed by atoms with Gasteiger partial charge in [-0.2, -0.15) is 0 Å². The van der Waals surface area contributed by atoms with E-state index in [0.29, 0.717) is 17.2 Å². The van der Waals surface area contributed by atoms with E-state index in [1.165, 1.54) is 5.56 Å². The second-order valence-electron chi connectivity index (χ2n) is 6.92. The van der Waals surface area contributed by atoms with Crippen molar-refractivity contribution in [3.05, 3.63) is 88.7 Å². The zero-order valence-electron chi connectivity index (χ0n) is 16.1. The first kappa shape index (κ1) is 18.3. The number of hydrogen-bond donors (Lipinski definition) is 0. The molecule has 0 atom stereocenters. The monoisotopic (exact) mass is 387 g/mol. The van der Waals surface area contributed by atoms with Crippen molar-refractivity contribution in [2.75, 3.05) is 4.90 Å². The summed E-state index contributed by atoms with van der Waals surface area (Å²) < 4.78 is 1.09.